The Kier molecular flexibility index (Phi) is 5.37. The summed E-state index contributed by atoms with van der Waals surface area (Å²) in [6.07, 6.45) is 3.01. The molecule has 2 aliphatic rings. The summed E-state index contributed by atoms with van der Waals surface area (Å²) < 4.78 is 26.5. The molecule has 2 rings (SSSR count). The molecule has 1 aliphatic heterocycles. The summed E-state index contributed by atoms with van der Waals surface area (Å²) in [4.78, 5) is 0. The Labute approximate surface area is 109 Å². The second-order valence-corrected chi connectivity index (χ2v) is 5.91. The van der Waals surface area contributed by atoms with Gasteiger partial charge in [-0.3, -0.25) is 0 Å². The van der Waals surface area contributed by atoms with Gasteiger partial charge < -0.3 is 10.6 Å². The van der Waals surface area contributed by atoms with E-state index >= 15 is 0 Å². The first-order valence-electron chi connectivity index (χ1n) is 7.45. The van der Waals surface area contributed by atoms with Crippen LogP contribution in [0.3, 0.4) is 0 Å². The zero-order valence-corrected chi connectivity index (χ0v) is 11.3. The van der Waals surface area contributed by atoms with Crippen molar-refractivity contribution in [2.45, 2.75) is 64.0 Å². The number of halogens is 2. The fraction of sp³-hybridized carbons (Fsp3) is 1.00. The molecule has 0 amide bonds. The third kappa shape index (κ3) is 3.64. The van der Waals surface area contributed by atoms with Crippen LogP contribution in [0.4, 0.5) is 8.78 Å². The molecule has 18 heavy (non-hydrogen) atoms. The van der Waals surface area contributed by atoms with Crippen molar-refractivity contribution >= 4 is 0 Å². The lowest BCUT2D eigenvalue weighted by molar-refractivity contribution is 0.0631. The van der Waals surface area contributed by atoms with Gasteiger partial charge in [0, 0.05) is 13.1 Å². The predicted octanol–water partition coefficient (Wildman–Crippen LogP) is 2.79. The van der Waals surface area contributed by atoms with Gasteiger partial charge in [0.2, 0.25) is 0 Å². The highest BCUT2D eigenvalue weighted by atomic mass is 19.2. The molecule has 2 fully saturated rings. The normalized spacial score (nSPS) is 41.8. The molecule has 0 bridgehead atoms. The summed E-state index contributed by atoms with van der Waals surface area (Å²) in [5.74, 6) is 0.944. The van der Waals surface area contributed by atoms with Crippen molar-refractivity contribution in [2.75, 3.05) is 13.1 Å². The van der Waals surface area contributed by atoms with E-state index in [9.17, 15) is 8.78 Å². The molecule has 1 saturated carbocycles. The quantitative estimate of drug-likeness (QED) is 0.812. The van der Waals surface area contributed by atoms with E-state index in [-0.39, 0.29) is 12.1 Å². The van der Waals surface area contributed by atoms with Gasteiger partial charge in [-0.05, 0) is 37.5 Å². The lowest BCUT2D eigenvalue weighted by atomic mass is 9.83. The van der Waals surface area contributed by atoms with E-state index < -0.39 is 12.3 Å². The van der Waals surface area contributed by atoms with Gasteiger partial charge in [0.05, 0.1) is 6.17 Å². The maximum absolute atomic E-state index is 13.4. The fourth-order valence-electron chi connectivity index (χ4n) is 3.17. The molecular formula is C14H26F2N2. The van der Waals surface area contributed by atoms with E-state index in [1.807, 2.05) is 0 Å². The average molecular weight is 260 g/mol. The van der Waals surface area contributed by atoms with Crippen LogP contribution in [0.25, 0.3) is 0 Å². The zero-order chi connectivity index (χ0) is 13.0. The standard InChI is InChI=1S/C14H26F2N2/c1-2-3-4-10-8-17-14(18-9-10)11-5-6-12(15)13(16)7-11/h10-14,17-18H,2-9H2,1H3. The molecule has 106 valence electrons. The van der Waals surface area contributed by atoms with Gasteiger partial charge in [-0.2, -0.15) is 0 Å². The van der Waals surface area contributed by atoms with Crippen molar-refractivity contribution in [3.05, 3.63) is 0 Å². The number of unbranched alkanes of at least 4 members (excludes halogenated alkanes) is 1. The summed E-state index contributed by atoms with van der Waals surface area (Å²) in [5.41, 5.74) is 0. The van der Waals surface area contributed by atoms with E-state index in [1.165, 1.54) is 19.3 Å². The minimum Gasteiger partial charge on any atom is -0.301 e. The summed E-state index contributed by atoms with van der Waals surface area (Å²) >= 11 is 0. The second-order valence-electron chi connectivity index (χ2n) is 5.91. The highest BCUT2D eigenvalue weighted by Gasteiger charge is 2.35. The van der Waals surface area contributed by atoms with Crippen molar-refractivity contribution in [1.29, 1.82) is 0 Å². The first-order chi connectivity index (χ1) is 8.70. The molecule has 1 heterocycles. The number of hydrogen-bond acceptors (Lipinski definition) is 2. The van der Waals surface area contributed by atoms with Crippen LogP contribution in [0.2, 0.25) is 0 Å². The van der Waals surface area contributed by atoms with E-state index in [0.29, 0.717) is 18.8 Å². The third-order valence-electron chi connectivity index (χ3n) is 4.42. The number of rotatable bonds is 4. The Balaban J connectivity index is 1.72. The first-order valence-corrected chi connectivity index (χ1v) is 7.45. The monoisotopic (exact) mass is 260 g/mol. The van der Waals surface area contributed by atoms with Gasteiger partial charge in [-0.15, -0.1) is 0 Å². The molecular weight excluding hydrogens is 234 g/mol. The molecule has 0 radical (unpaired) electrons. The highest BCUT2D eigenvalue weighted by molar-refractivity contribution is 4.88. The van der Waals surface area contributed by atoms with Crippen LogP contribution in [-0.2, 0) is 0 Å². The number of hydrogen-bond donors (Lipinski definition) is 2. The van der Waals surface area contributed by atoms with Gasteiger partial charge in [0.25, 0.3) is 0 Å². The molecule has 2 nitrogen and oxygen atoms in total. The maximum Gasteiger partial charge on any atom is 0.132 e. The Hall–Kier alpha value is -0.220. The topological polar surface area (TPSA) is 24.1 Å². The summed E-state index contributed by atoms with van der Waals surface area (Å²) in [5, 5.41) is 6.97. The van der Waals surface area contributed by atoms with Crippen LogP contribution in [0, 0.1) is 11.8 Å². The Morgan fingerprint density at radius 1 is 1.06 bits per heavy atom. The Bertz CT molecular complexity index is 242. The Morgan fingerprint density at radius 3 is 2.39 bits per heavy atom. The zero-order valence-electron chi connectivity index (χ0n) is 11.3. The average Bonchev–Trinajstić information content (AvgIpc) is 2.40. The van der Waals surface area contributed by atoms with Crippen LogP contribution in [0.1, 0.15) is 45.4 Å². The van der Waals surface area contributed by atoms with E-state index in [4.69, 9.17) is 0 Å². The van der Waals surface area contributed by atoms with Crippen molar-refractivity contribution in [3.8, 4) is 0 Å². The van der Waals surface area contributed by atoms with Gasteiger partial charge in [0.1, 0.15) is 12.3 Å². The van der Waals surface area contributed by atoms with Gasteiger partial charge in [-0.25, -0.2) is 8.78 Å². The van der Waals surface area contributed by atoms with Crippen LogP contribution in [-0.4, -0.2) is 31.6 Å². The van der Waals surface area contributed by atoms with Gasteiger partial charge in [0.15, 0.2) is 0 Å². The van der Waals surface area contributed by atoms with Crippen molar-refractivity contribution in [1.82, 2.24) is 10.6 Å². The molecule has 2 N–H and O–H groups in total. The summed E-state index contributed by atoms with van der Waals surface area (Å²) in [6.45, 7) is 4.25. The summed E-state index contributed by atoms with van der Waals surface area (Å²) in [6, 6.07) is 0. The largest absolute Gasteiger partial charge is 0.301 e. The second kappa shape index (κ2) is 6.80. The van der Waals surface area contributed by atoms with E-state index in [2.05, 4.69) is 17.6 Å². The van der Waals surface area contributed by atoms with Crippen LogP contribution >= 0.6 is 0 Å². The van der Waals surface area contributed by atoms with E-state index in [1.54, 1.807) is 0 Å². The molecule has 1 aliphatic carbocycles. The molecule has 1 saturated heterocycles. The fourth-order valence-corrected chi connectivity index (χ4v) is 3.17. The predicted molar refractivity (Wildman–Crippen MR) is 69.9 cm³/mol. The smallest absolute Gasteiger partial charge is 0.132 e. The van der Waals surface area contributed by atoms with Crippen LogP contribution in [0.5, 0.6) is 0 Å². The Morgan fingerprint density at radius 2 is 1.78 bits per heavy atom. The van der Waals surface area contributed by atoms with Crippen molar-refractivity contribution in [3.63, 3.8) is 0 Å². The van der Waals surface area contributed by atoms with Crippen LogP contribution < -0.4 is 10.6 Å². The van der Waals surface area contributed by atoms with Crippen molar-refractivity contribution < 1.29 is 8.78 Å². The minimum absolute atomic E-state index is 0.189. The molecule has 0 spiro atoms. The molecule has 3 unspecified atom stereocenters. The van der Waals surface area contributed by atoms with Gasteiger partial charge >= 0.3 is 0 Å². The summed E-state index contributed by atoms with van der Waals surface area (Å²) in [7, 11) is 0. The molecule has 3 atom stereocenters. The lowest BCUT2D eigenvalue weighted by Crippen LogP contribution is -2.57. The third-order valence-corrected chi connectivity index (χ3v) is 4.42. The lowest BCUT2D eigenvalue weighted by Gasteiger charge is -2.39. The van der Waals surface area contributed by atoms with E-state index in [0.717, 1.165) is 19.5 Å². The molecule has 0 aromatic rings. The molecule has 0 aromatic heterocycles. The molecule has 0 aromatic carbocycles. The van der Waals surface area contributed by atoms with Crippen molar-refractivity contribution in [2.24, 2.45) is 11.8 Å². The minimum atomic E-state index is -1.26. The van der Waals surface area contributed by atoms with Gasteiger partial charge in [-0.1, -0.05) is 19.8 Å². The number of alkyl halides is 2. The first kappa shape index (κ1) is 14.2. The number of nitrogens with one attached hydrogen (secondary N) is 2. The maximum atomic E-state index is 13.4. The highest BCUT2D eigenvalue weighted by Crippen LogP contribution is 2.31. The molecule has 4 heteroatoms. The van der Waals surface area contributed by atoms with Crippen LogP contribution in [0.15, 0.2) is 0 Å². The SMILES string of the molecule is CCCCC1CNC(C2CCC(F)C(F)C2)NC1.